The van der Waals surface area contributed by atoms with Crippen molar-refractivity contribution in [3.8, 4) is 11.5 Å². The zero-order valence-corrected chi connectivity index (χ0v) is 10.7. The summed E-state index contributed by atoms with van der Waals surface area (Å²) in [6.07, 6.45) is -0.638. The van der Waals surface area contributed by atoms with Crippen LogP contribution in [0.5, 0.6) is 11.5 Å². The molecule has 0 aliphatic heterocycles. The Kier molecular flexibility index (Phi) is 5.13. The number of nitrogens with two attached hydrogens (primary N) is 1. The summed E-state index contributed by atoms with van der Waals surface area (Å²) in [5.41, 5.74) is 5.45. The average Bonchev–Trinajstić information content (AvgIpc) is 2.35. The number of nitrogens with one attached hydrogen (secondary N) is 1. The molecule has 4 N–H and O–H groups in total. The molecular weight excluding hydrogens is 252 g/mol. The van der Waals surface area contributed by atoms with E-state index in [9.17, 15) is 14.7 Å². The van der Waals surface area contributed by atoms with E-state index in [1.54, 1.807) is 25.1 Å². The molecule has 1 aromatic carbocycles. The summed E-state index contributed by atoms with van der Waals surface area (Å²) in [6.45, 7) is 1.25. The van der Waals surface area contributed by atoms with Crippen molar-refractivity contribution in [1.29, 1.82) is 0 Å². The van der Waals surface area contributed by atoms with Gasteiger partial charge in [0, 0.05) is 0 Å². The molecule has 7 nitrogen and oxygen atoms in total. The van der Waals surface area contributed by atoms with Crippen LogP contribution in [0.1, 0.15) is 18.6 Å². The number of ether oxygens (including phenoxy) is 2. The van der Waals surface area contributed by atoms with Crippen molar-refractivity contribution in [3.63, 3.8) is 0 Å². The number of carbonyl (C=O) groups excluding carboxylic acids is 2. The summed E-state index contributed by atoms with van der Waals surface area (Å²) in [5.74, 6) is 0.0472. The largest absolute Gasteiger partial charge is 0.493 e. The number of methoxy groups -OCH3 is 1. The molecule has 0 spiro atoms. The second kappa shape index (κ2) is 6.60. The maximum absolute atomic E-state index is 11.2. The number of amides is 3. The van der Waals surface area contributed by atoms with Gasteiger partial charge < -0.3 is 20.3 Å². The fourth-order valence-corrected chi connectivity index (χ4v) is 1.38. The molecule has 7 heteroatoms. The minimum Gasteiger partial charge on any atom is -0.493 e. The molecule has 0 saturated carbocycles. The molecule has 1 atom stereocenters. The molecule has 0 aliphatic rings. The van der Waals surface area contributed by atoms with Gasteiger partial charge in [-0.2, -0.15) is 0 Å². The van der Waals surface area contributed by atoms with Gasteiger partial charge >= 0.3 is 6.03 Å². The molecule has 0 fully saturated rings. The first kappa shape index (κ1) is 14.8. The van der Waals surface area contributed by atoms with Gasteiger partial charge in [0.25, 0.3) is 5.91 Å². The smallest absolute Gasteiger partial charge is 0.318 e. The van der Waals surface area contributed by atoms with Crippen LogP contribution in [-0.4, -0.2) is 30.8 Å². The first-order valence-electron chi connectivity index (χ1n) is 5.52. The van der Waals surface area contributed by atoms with Crippen molar-refractivity contribution in [3.05, 3.63) is 23.8 Å². The van der Waals surface area contributed by atoms with Gasteiger partial charge in [0.05, 0.1) is 13.2 Å². The van der Waals surface area contributed by atoms with Gasteiger partial charge in [-0.15, -0.1) is 0 Å². The standard InChI is InChI=1S/C12H16N2O5/c1-7(15)8-3-4-9(10(5-8)18-2)19-6-11(16)14-12(13)17/h3-5,7,15H,6H2,1-2H3,(H3,13,14,16,17)/t7-/m0/s1. The highest BCUT2D eigenvalue weighted by Crippen LogP contribution is 2.30. The normalized spacial score (nSPS) is 11.5. The van der Waals surface area contributed by atoms with Crippen LogP contribution in [0.4, 0.5) is 4.79 Å². The summed E-state index contributed by atoms with van der Waals surface area (Å²) in [4.78, 5) is 21.6. The van der Waals surface area contributed by atoms with Crippen LogP contribution < -0.4 is 20.5 Å². The Hall–Kier alpha value is -2.28. The number of carbonyl (C=O) groups is 2. The van der Waals surface area contributed by atoms with Crippen LogP contribution in [-0.2, 0) is 4.79 Å². The van der Waals surface area contributed by atoms with Crippen LogP contribution in [0, 0.1) is 0 Å². The summed E-state index contributed by atoms with van der Waals surface area (Å²) >= 11 is 0. The first-order chi connectivity index (χ1) is 8.93. The minimum absolute atomic E-state index is 0.325. The van der Waals surface area contributed by atoms with Gasteiger partial charge in [-0.25, -0.2) is 4.79 Å². The number of benzene rings is 1. The lowest BCUT2D eigenvalue weighted by Crippen LogP contribution is -2.38. The molecule has 0 aliphatic carbocycles. The molecule has 0 heterocycles. The topological polar surface area (TPSA) is 111 Å². The summed E-state index contributed by atoms with van der Waals surface area (Å²) in [5, 5.41) is 11.3. The molecular formula is C12H16N2O5. The second-order valence-electron chi connectivity index (χ2n) is 3.79. The van der Waals surface area contributed by atoms with Gasteiger partial charge in [-0.3, -0.25) is 10.1 Å². The van der Waals surface area contributed by atoms with E-state index in [-0.39, 0.29) is 6.61 Å². The predicted molar refractivity (Wildman–Crippen MR) is 66.8 cm³/mol. The number of hydrogen-bond donors (Lipinski definition) is 3. The van der Waals surface area contributed by atoms with Crippen molar-refractivity contribution >= 4 is 11.9 Å². The lowest BCUT2D eigenvalue weighted by atomic mass is 10.1. The highest BCUT2D eigenvalue weighted by molar-refractivity contribution is 5.94. The highest BCUT2D eigenvalue weighted by atomic mass is 16.5. The number of primary amides is 1. The summed E-state index contributed by atoms with van der Waals surface area (Å²) < 4.78 is 10.3. The summed E-state index contributed by atoms with van der Waals surface area (Å²) in [6, 6.07) is 3.88. The van der Waals surface area contributed by atoms with Gasteiger partial charge in [0.2, 0.25) is 0 Å². The fourth-order valence-electron chi connectivity index (χ4n) is 1.38. The number of rotatable bonds is 5. The van der Waals surface area contributed by atoms with Crippen LogP contribution >= 0.6 is 0 Å². The molecule has 1 aromatic rings. The molecule has 0 bridgehead atoms. The maximum atomic E-state index is 11.2. The molecule has 0 saturated heterocycles. The Morgan fingerprint density at radius 3 is 2.63 bits per heavy atom. The van der Waals surface area contributed by atoms with Crippen molar-refractivity contribution in [1.82, 2.24) is 5.32 Å². The first-order valence-corrected chi connectivity index (χ1v) is 5.52. The van der Waals surface area contributed by atoms with E-state index in [1.807, 2.05) is 5.32 Å². The van der Waals surface area contributed by atoms with Crippen LogP contribution in [0.3, 0.4) is 0 Å². The van der Waals surface area contributed by atoms with E-state index in [4.69, 9.17) is 15.2 Å². The Balaban J connectivity index is 2.73. The highest BCUT2D eigenvalue weighted by Gasteiger charge is 2.11. The van der Waals surface area contributed by atoms with E-state index in [1.165, 1.54) is 7.11 Å². The van der Waals surface area contributed by atoms with Crippen molar-refractivity contribution in [2.75, 3.05) is 13.7 Å². The third kappa shape index (κ3) is 4.47. The molecule has 104 valence electrons. The third-order valence-electron chi connectivity index (χ3n) is 2.29. The fraction of sp³-hybridized carbons (Fsp3) is 0.333. The van der Waals surface area contributed by atoms with Crippen molar-refractivity contribution in [2.45, 2.75) is 13.0 Å². The van der Waals surface area contributed by atoms with E-state index < -0.39 is 18.0 Å². The number of aliphatic hydroxyl groups is 1. The zero-order valence-electron chi connectivity index (χ0n) is 10.7. The van der Waals surface area contributed by atoms with E-state index in [2.05, 4.69) is 0 Å². The van der Waals surface area contributed by atoms with Gasteiger partial charge in [0.15, 0.2) is 18.1 Å². The number of imide groups is 1. The molecule has 3 amide bonds. The van der Waals surface area contributed by atoms with Gasteiger partial charge in [-0.05, 0) is 24.6 Å². The Morgan fingerprint density at radius 2 is 2.11 bits per heavy atom. The van der Waals surface area contributed by atoms with Crippen LogP contribution in [0.2, 0.25) is 0 Å². The number of hydrogen-bond acceptors (Lipinski definition) is 5. The molecule has 0 aromatic heterocycles. The monoisotopic (exact) mass is 268 g/mol. The molecule has 0 unspecified atom stereocenters. The van der Waals surface area contributed by atoms with E-state index in [0.29, 0.717) is 17.1 Å². The number of aliphatic hydroxyl groups excluding tert-OH is 1. The average molecular weight is 268 g/mol. The zero-order chi connectivity index (χ0) is 14.4. The Morgan fingerprint density at radius 1 is 1.42 bits per heavy atom. The van der Waals surface area contributed by atoms with E-state index >= 15 is 0 Å². The van der Waals surface area contributed by atoms with Gasteiger partial charge in [0.1, 0.15) is 0 Å². The summed E-state index contributed by atoms with van der Waals surface area (Å²) in [7, 11) is 1.44. The molecule has 0 radical (unpaired) electrons. The third-order valence-corrected chi connectivity index (χ3v) is 2.29. The number of urea groups is 1. The van der Waals surface area contributed by atoms with Crippen LogP contribution in [0.15, 0.2) is 18.2 Å². The Labute approximate surface area is 110 Å². The maximum Gasteiger partial charge on any atom is 0.318 e. The molecule has 19 heavy (non-hydrogen) atoms. The SMILES string of the molecule is COc1cc([C@H](C)O)ccc1OCC(=O)NC(N)=O. The minimum atomic E-state index is -0.940. The van der Waals surface area contributed by atoms with Crippen LogP contribution in [0.25, 0.3) is 0 Å². The predicted octanol–water partition coefficient (Wildman–Crippen LogP) is 0.322. The Bertz CT molecular complexity index is 473. The molecule has 1 rings (SSSR count). The quantitative estimate of drug-likeness (QED) is 0.712. The second-order valence-corrected chi connectivity index (χ2v) is 3.79. The van der Waals surface area contributed by atoms with E-state index in [0.717, 1.165) is 0 Å². The van der Waals surface area contributed by atoms with Gasteiger partial charge in [-0.1, -0.05) is 6.07 Å². The lowest BCUT2D eigenvalue weighted by Gasteiger charge is -2.12. The van der Waals surface area contributed by atoms with Crippen molar-refractivity contribution < 1.29 is 24.2 Å². The lowest BCUT2D eigenvalue weighted by molar-refractivity contribution is -0.121. The van der Waals surface area contributed by atoms with Crippen molar-refractivity contribution in [2.24, 2.45) is 5.73 Å².